The minimum Gasteiger partial charge on any atom is -0.395 e. The molecule has 0 radical (unpaired) electrons. The van der Waals surface area contributed by atoms with Crippen LogP contribution in [-0.4, -0.2) is 62.5 Å². The van der Waals surface area contributed by atoms with Crippen molar-refractivity contribution in [1.29, 1.82) is 0 Å². The second kappa shape index (κ2) is 5.96. The average molecular weight is 245 g/mol. The van der Waals surface area contributed by atoms with Crippen molar-refractivity contribution < 1.29 is 27.1 Å². The minimum absolute atomic E-state index is 0.293. The summed E-state index contributed by atoms with van der Waals surface area (Å²) in [6.45, 7) is -1.64. The highest BCUT2D eigenvalue weighted by molar-refractivity contribution is 7.91. The second-order valence-corrected chi connectivity index (χ2v) is 5.16. The quantitative estimate of drug-likeness (QED) is 0.659. The van der Waals surface area contributed by atoms with Crippen LogP contribution in [0.3, 0.4) is 0 Å². The number of alkyl halides is 2. The first-order valence-electron chi connectivity index (χ1n) is 4.10. The normalized spacial score (nSPS) is 11.8. The van der Waals surface area contributed by atoms with Gasteiger partial charge in [-0.15, -0.1) is 0 Å². The third-order valence-electron chi connectivity index (χ3n) is 1.47. The predicted octanol–water partition coefficient (Wildman–Crippen LogP) is -0.883. The number of nitrogens with zero attached hydrogens (tertiary/aromatic N) is 1. The van der Waals surface area contributed by atoms with Gasteiger partial charge in [-0.25, -0.2) is 17.2 Å². The summed E-state index contributed by atoms with van der Waals surface area (Å²) in [4.78, 5) is 11.8. The first-order chi connectivity index (χ1) is 6.76. The summed E-state index contributed by atoms with van der Waals surface area (Å²) in [5.41, 5.74) is 0. The van der Waals surface area contributed by atoms with Gasteiger partial charge in [0.1, 0.15) is 5.75 Å². The van der Waals surface area contributed by atoms with Gasteiger partial charge in [0.2, 0.25) is 5.91 Å². The van der Waals surface area contributed by atoms with E-state index in [0.717, 1.165) is 6.26 Å². The smallest absolute Gasteiger partial charge is 0.255 e. The van der Waals surface area contributed by atoms with Crippen LogP contribution in [0.25, 0.3) is 0 Å². The van der Waals surface area contributed by atoms with E-state index in [1.807, 2.05) is 0 Å². The Hall–Kier alpha value is -0.760. The summed E-state index contributed by atoms with van der Waals surface area (Å²) in [7, 11) is -3.54. The van der Waals surface area contributed by atoms with Crippen LogP contribution >= 0.6 is 0 Å². The van der Waals surface area contributed by atoms with E-state index in [4.69, 9.17) is 5.11 Å². The average Bonchev–Trinajstić information content (AvgIpc) is 1.99. The molecular formula is C7H13F2NO4S. The number of carbonyl (C=O) groups excluding carboxylic acids is 1. The maximum absolute atomic E-state index is 12.0. The van der Waals surface area contributed by atoms with Crippen LogP contribution in [0, 0.1) is 0 Å². The topological polar surface area (TPSA) is 74.7 Å². The van der Waals surface area contributed by atoms with Crippen LogP contribution in [-0.2, 0) is 14.6 Å². The van der Waals surface area contributed by atoms with Crippen LogP contribution < -0.4 is 0 Å². The largest absolute Gasteiger partial charge is 0.395 e. The summed E-state index contributed by atoms with van der Waals surface area (Å²) in [6, 6.07) is 0. The van der Waals surface area contributed by atoms with Gasteiger partial charge in [-0.3, -0.25) is 4.79 Å². The van der Waals surface area contributed by atoms with E-state index in [-0.39, 0.29) is 6.54 Å². The fourth-order valence-corrected chi connectivity index (χ4v) is 1.55. The summed E-state index contributed by atoms with van der Waals surface area (Å²) in [5.74, 6) is -1.74. The molecule has 15 heavy (non-hydrogen) atoms. The molecule has 0 aliphatic carbocycles. The van der Waals surface area contributed by atoms with Crippen LogP contribution in [0.5, 0.6) is 0 Å². The summed E-state index contributed by atoms with van der Waals surface area (Å²) < 4.78 is 45.4. The Morgan fingerprint density at radius 1 is 1.47 bits per heavy atom. The Morgan fingerprint density at radius 2 is 2.00 bits per heavy atom. The molecule has 0 heterocycles. The Bertz CT molecular complexity index is 304. The van der Waals surface area contributed by atoms with Gasteiger partial charge >= 0.3 is 0 Å². The molecule has 0 aromatic rings. The number of rotatable bonds is 6. The molecule has 0 aliphatic heterocycles. The highest BCUT2D eigenvalue weighted by atomic mass is 32.2. The second-order valence-electron chi connectivity index (χ2n) is 3.02. The molecule has 0 bridgehead atoms. The van der Waals surface area contributed by atoms with E-state index in [2.05, 4.69) is 0 Å². The fourth-order valence-electron chi connectivity index (χ4n) is 0.921. The van der Waals surface area contributed by atoms with Gasteiger partial charge in [-0.1, -0.05) is 0 Å². The molecule has 5 nitrogen and oxygen atoms in total. The van der Waals surface area contributed by atoms with Crippen LogP contribution in [0.15, 0.2) is 0 Å². The van der Waals surface area contributed by atoms with E-state index in [1.54, 1.807) is 0 Å². The minimum atomic E-state index is -3.54. The van der Waals surface area contributed by atoms with Crippen molar-refractivity contribution in [3.05, 3.63) is 0 Å². The maximum Gasteiger partial charge on any atom is 0.255 e. The van der Waals surface area contributed by atoms with E-state index in [0.29, 0.717) is 4.90 Å². The summed E-state index contributed by atoms with van der Waals surface area (Å²) >= 11 is 0. The van der Waals surface area contributed by atoms with E-state index in [9.17, 15) is 22.0 Å². The zero-order chi connectivity index (χ0) is 12.1. The SMILES string of the molecule is CS(=O)(=O)CC(=O)N(CCO)CC(F)F. The molecule has 0 saturated heterocycles. The molecule has 0 saturated carbocycles. The molecule has 8 heteroatoms. The number of hydrogen-bond acceptors (Lipinski definition) is 4. The number of aliphatic hydroxyl groups is 1. The number of aliphatic hydroxyl groups excluding tert-OH is 1. The molecule has 1 amide bonds. The van der Waals surface area contributed by atoms with Gasteiger partial charge in [0.15, 0.2) is 9.84 Å². The van der Waals surface area contributed by atoms with Crippen molar-refractivity contribution in [2.24, 2.45) is 0 Å². The Kier molecular flexibility index (Phi) is 5.66. The van der Waals surface area contributed by atoms with Crippen LogP contribution in [0.2, 0.25) is 0 Å². The number of carbonyl (C=O) groups is 1. The molecule has 0 rings (SSSR count). The molecule has 90 valence electrons. The molecule has 0 aromatic heterocycles. The molecule has 0 fully saturated rings. The fraction of sp³-hybridized carbons (Fsp3) is 0.857. The van der Waals surface area contributed by atoms with Crippen molar-refractivity contribution in [2.45, 2.75) is 6.43 Å². The highest BCUT2D eigenvalue weighted by Gasteiger charge is 2.21. The van der Waals surface area contributed by atoms with Gasteiger partial charge in [-0.2, -0.15) is 0 Å². The predicted molar refractivity (Wildman–Crippen MR) is 49.4 cm³/mol. The van der Waals surface area contributed by atoms with Crippen LogP contribution in [0.4, 0.5) is 8.78 Å². The third-order valence-corrected chi connectivity index (χ3v) is 2.24. The number of amides is 1. The van der Waals surface area contributed by atoms with Crippen LogP contribution in [0.1, 0.15) is 0 Å². The van der Waals surface area contributed by atoms with Crippen molar-refractivity contribution in [1.82, 2.24) is 4.90 Å². The van der Waals surface area contributed by atoms with Crippen molar-refractivity contribution in [3.8, 4) is 0 Å². The molecule has 0 aromatic carbocycles. The monoisotopic (exact) mass is 245 g/mol. The van der Waals surface area contributed by atoms with Gasteiger partial charge < -0.3 is 10.0 Å². The number of halogens is 2. The molecule has 0 unspecified atom stereocenters. The number of sulfone groups is 1. The van der Waals surface area contributed by atoms with Gasteiger partial charge in [-0.05, 0) is 0 Å². The van der Waals surface area contributed by atoms with Gasteiger partial charge in [0.05, 0.1) is 13.2 Å². The molecule has 0 spiro atoms. The third kappa shape index (κ3) is 7.20. The molecule has 0 atom stereocenters. The Labute approximate surface area is 86.6 Å². The summed E-state index contributed by atoms with van der Waals surface area (Å²) in [6.07, 6.45) is -1.91. The molecule has 0 aliphatic rings. The summed E-state index contributed by atoms with van der Waals surface area (Å²) in [5, 5.41) is 8.51. The lowest BCUT2D eigenvalue weighted by molar-refractivity contribution is -0.130. The number of hydrogen-bond donors (Lipinski definition) is 1. The lowest BCUT2D eigenvalue weighted by Gasteiger charge is -2.20. The first-order valence-corrected chi connectivity index (χ1v) is 6.17. The zero-order valence-corrected chi connectivity index (χ0v) is 9.01. The van der Waals surface area contributed by atoms with Gasteiger partial charge in [0, 0.05) is 12.8 Å². The molecule has 1 N–H and O–H groups in total. The van der Waals surface area contributed by atoms with Crippen molar-refractivity contribution in [3.63, 3.8) is 0 Å². The lowest BCUT2D eigenvalue weighted by Crippen LogP contribution is -2.40. The Morgan fingerprint density at radius 3 is 2.33 bits per heavy atom. The first kappa shape index (κ1) is 14.2. The maximum atomic E-state index is 12.0. The van der Waals surface area contributed by atoms with Crippen molar-refractivity contribution in [2.75, 3.05) is 31.7 Å². The Balaban J connectivity index is 4.42. The van der Waals surface area contributed by atoms with Gasteiger partial charge in [0.25, 0.3) is 6.43 Å². The zero-order valence-electron chi connectivity index (χ0n) is 8.19. The van der Waals surface area contributed by atoms with Crippen molar-refractivity contribution >= 4 is 15.7 Å². The van der Waals surface area contributed by atoms with E-state index < -0.39 is 41.1 Å². The molecular weight excluding hydrogens is 232 g/mol. The van der Waals surface area contributed by atoms with E-state index in [1.165, 1.54) is 0 Å². The standard InChI is InChI=1S/C7H13F2NO4S/c1-15(13,14)5-7(12)10(2-3-11)4-6(8)9/h6,11H,2-5H2,1H3. The lowest BCUT2D eigenvalue weighted by atomic mass is 10.4. The van der Waals surface area contributed by atoms with E-state index >= 15 is 0 Å². The highest BCUT2D eigenvalue weighted by Crippen LogP contribution is 2.00.